The van der Waals surface area contributed by atoms with Gasteiger partial charge >= 0.3 is 0 Å². The van der Waals surface area contributed by atoms with Crippen molar-refractivity contribution in [3.63, 3.8) is 0 Å². The SMILES string of the molecule is CCCCCCOc1ccc(N=Nc2ccc(C)c(C#N)c2)cc1.CCCCc1ccc(N=Nc2ccc(C)c(C#N)c2)cc1. The van der Waals surface area contributed by atoms with Crippen molar-refractivity contribution in [1.29, 1.82) is 10.5 Å². The number of aryl methyl sites for hydroxylation is 3. The van der Waals surface area contributed by atoms with E-state index in [2.05, 4.69) is 58.6 Å². The zero-order valence-corrected chi connectivity index (χ0v) is 26.8. The lowest BCUT2D eigenvalue weighted by molar-refractivity contribution is 0.305. The van der Waals surface area contributed by atoms with Crippen molar-refractivity contribution in [2.45, 2.75) is 72.6 Å². The molecule has 0 aromatic heterocycles. The number of unbranched alkanes of at least 4 members (excludes halogenated alkanes) is 4. The van der Waals surface area contributed by atoms with Gasteiger partial charge in [-0.05, 0) is 110 Å². The molecule has 0 N–H and O–H groups in total. The second-order valence-corrected chi connectivity index (χ2v) is 10.8. The highest BCUT2D eigenvalue weighted by molar-refractivity contribution is 5.50. The van der Waals surface area contributed by atoms with Crippen molar-refractivity contribution in [2.75, 3.05) is 6.61 Å². The fourth-order valence-corrected chi connectivity index (χ4v) is 4.25. The number of benzene rings is 4. The molecule has 45 heavy (non-hydrogen) atoms. The van der Waals surface area contributed by atoms with Gasteiger partial charge in [0.05, 0.1) is 52.6 Å². The van der Waals surface area contributed by atoms with Crippen molar-refractivity contribution in [3.05, 3.63) is 113 Å². The molecule has 0 amide bonds. The van der Waals surface area contributed by atoms with E-state index in [1.807, 2.05) is 74.5 Å². The first kappa shape index (κ1) is 34.4. The average molecular weight is 599 g/mol. The van der Waals surface area contributed by atoms with E-state index in [-0.39, 0.29) is 0 Å². The van der Waals surface area contributed by atoms with E-state index < -0.39 is 0 Å². The lowest BCUT2D eigenvalue weighted by Crippen LogP contribution is -1.96. The minimum atomic E-state index is 0.623. The zero-order valence-electron chi connectivity index (χ0n) is 26.8. The van der Waals surface area contributed by atoms with Crippen LogP contribution in [0, 0.1) is 36.5 Å². The van der Waals surface area contributed by atoms with E-state index in [4.69, 9.17) is 15.3 Å². The Bertz CT molecular complexity index is 1630. The van der Waals surface area contributed by atoms with Gasteiger partial charge in [-0.15, -0.1) is 0 Å². The fraction of sp³-hybridized carbons (Fsp3) is 0.316. The molecule has 0 radical (unpaired) electrons. The molecule has 0 spiro atoms. The summed E-state index contributed by atoms with van der Waals surface area (Å²) in [6.07, 6.45) is 8.31. The van der Waals surface area contributed by atoms with Gasteiger partial charge in [0.2, 0.25) is 0 Å². The largest absolute Gasteiger partial charge is 0.494 e. The molecule has 0 atom stereocenters. The van der Waals surface area contributed by atoms with Gasteiger partial charge in [0.1, 0.15) is 5.75 Å². The molecule has 0 saturated carbocycles. The van der Waals surface area contributed by atoms with E-state index in [1.54, 1.807) is 12.1 Å². The summed E-state index contributed by atoms with van der Waals surface area (Å²) in [7, 11) is 0. The van der Waals surface area contributed by atoms with Crippen molar-refractivity contribution >= 4 is 22.7 Å². The molecule has 4 aromatic rings. The predicted molar refractivity (Wildman–Crippen MR) is 181 cm³/mol. The van der Waals surface area contributed by atoms with Gasteiger partial charge in [-0.25, -0.2) is 0 Å². The molecule has 4 aromatic carbocycles. The third-order valence-electron chi connectivity index (χ3n) is 7.10. The number of ether oxygens (including phenoxy) is 1. The lowest BCUT2D eigenvalue weighted by atomic mass is 10.1. The molecule has 7 nitrogen and oxygen atoms in total. The van der Waals surface area contributed by atoms with E-state index in [1.165, 1.54) is 37.7 Å². The third kappa shape index (κ3) is 12.2. The second-order valence-electron chi connectivity index (χ2n) is 10.8. The van der Waals surface area contributed by atoms with Crippen LogP contribution < -0.4 is 4.74 Å². The van der Waals surface area contributed by atoms with Crippen molar-refractivity contribution in [3.8, 4) is 17.9 Å². The van der Waals surface area contributed by atoms with Gasteiger partial charge in [-0.1, -0.05) is 63.8 Å². The number of rotatable bonds is 13. The smallest absolute Gasteiger partial charge is 0.119 e. The molecule has 0 unspecified atom stereocenters. The quantitative estimate of drug-likeness (QED) is 0.113. The van der Waals surface area contributed by atoms with Crippen LogP contribution in [0.5, 0.6) is 5.75 Å². The molecular formula is C38H42N6O. The maximum absolute atomic E-state index is 9.04. The maximum Gasteiger partial charge on any atom is 0.119 e. The van der Waals surface area contributed by atoms with Gasteiger partial charge in [0, 0.05) is 0 Å². The molecule has 0 aliphatic carbocycles. The fourth-order valence-electron chi connectivity index (χ4n) is 4.25. The van der Waals surface area contributed by atoms with Crippen LogP contribution in [0.2, 0.25) is 0 Å². The molecule has 7 heteroatoms. The molecule has 0 aliphatic rings. The molecule has 0 fully saturated rings. The summed E-state index contributed by atoms with van der Waals surface area (Å²) in [6, 6.07) is 31.0. The first-order valence-corrected chi connectivity index (χ1v) is 15.6. The summed E-state index contributed by atoms with van der Waals surface area (Å²) in [5.41, 5.74) is 7.45. The number of nitrogens with zero attached hydrogens (tertiary/aromatic N) is 6. The Hall–Kier alpha value is -5.14. The Labute approximate surface area is 268 Å². The van der Waals surface area contributed by atoms with Gasteiger partial charge in [0.25, 0.3) is 0 Å². The molecule has 230 valence electrons. The standard InChI is InChI=1S/C20H23N3O.C18H19N3/c1-3-4-5-6-13-24-20-11-9-18(10-12-20)22-23-19-8-7-16(2)17(14-19)15-21;1-3-4-5-15-7-10-17(11-8-15)20-21-18-9-6-14(2)16(12-18)13-19/h7-12,14H,3-6,13H2,1-2H3;6-12H,3-5H2,1-2H3. The van der Waals surface area contributed by atoms with Crippen LogP contribution in [0.1, 0.15) is 80.2 Å². The number of nitriles is 2. The van der Waals surface area contributed by atoms with Gasteiger partial charge in [-0.2, -0.15) is 31.0 Å². The summed E-state index contributed by atoms with van der Waals surface area (Å²) in [5, 5.41) is 34.8. The highest BCUT2D eigenvalue weighted by Crippen LogP contribution is 2.24. The number of hydrogen-bond acceptors (Lipinski definition) is 7. The van der Waals surface area contributed by atoms with Crippen LogP contribution in [-0.4, -0.2) is 6.61 Å². The predicted octanol–water partition coefficient (Wildman–Crippen LogP) is 11.9. The monoisotopic (exact) mass is 598 g/mol. The molecule has 0 aliphatic heterocycles. The Morgan fingerprint density at radius 1 is 0.556 bits per heavy atom. The topological polar surface area (TPSA) is 106 Å². The van der Waals surface area contributed by atoms with E-state index in [0.717, 1.165) is 47.7 Å². The second kappa shape index (κ2) is 19.2. The van der Waals surface area contributed by atoms with Gasteiger partial charge in [-0.3, -0.25) is 0 Å². The van der Waals surface area contributed by atoms with Crippen LogP contribution in [0.25, 0.3) is 0 Å². The maximum atomic E-state index is 9.04. The highest BCUT2D eigenvalue weighted by atomic mass is 16.5. The minimum absolute atomic E-state index is 0.623. The Morgan fingerprint density at radius 3 is 1.51 bits per heavy atom. The van der Waals surface area contributed by atoms with Crippen LogP contribution >= 0.6 is 0 Å². The van der Waals surface area contributed by atoms with Crippen LogP contribution in [-0.2, 0) is 6.42 Å². The first-order valence-electron chi connectivity index (χ1n) is 15.6. The van der Waals surface area contributed by atoms with Crippen molar-refractivity contribution < 1.29 is 4.74 Å². The minimum Gasteiger partial charge on any atom is -0.494 e. The number of azo groups is 2. The lowest BCUT2D eigenvalue weighted by Gasteiger charge is -2.05. The average Bonchev–Trinajstić information content (AvgIpc) is 3.07. The van der Waals surface area contributed by atoms with E-state index in [9.17, 15) is 0 Å². The van der Waals surface area contributed by atoms with Crippen molar-refractivity contribution in [2.24, 2.45) is 20.5 Å². The number of hydrogen-bond donors (Lipinski definition) is 0. The molecule has 0 saturated heterocycles. The highest BCUT2D eigenvalue weighted by Gasteiger charge is 2.01. The van der Waals surface area contributed by atoms with Gasteiger partial charge in [0.15, 0.2) is 0 Å². The van der Waals surface area contributed by atoms with E-state index >= 15 is 0 Å². The van der Waals surface area contributed by atoms with Crippen LogP contribution in [0.3, 0.4) is 0 Å². The molecule has 0 heterocycles. The van der Waals surface area contributed by atoms with Gasteiger partial charge < -0.3 is 4.74 Å². The normalized spacial score (nSPS) is 10.7. The van der Waals surface area contributed by atoms with Crippen molar-refractivity contribution in [1.82, 2.24) is 0 Å². The molecule has 0 bridgehead atoms. The Kier molecular flexibility index (Phi) is 14.7. The summed E-state index contributed by atoms with van der Waals surface area (Å²) in [6.45, 7) is 8.96. The summed E-state index contributed by atoms with van der Waals surface area (Å²) < 4.78 is 5.71. The van der Waals surface area contributed by atoms with Crippen LogP contribution in [0.15, 0.2) is 105 Å². The molecule has 4 rings (SSSR count). The Morgan fingerprint density at radius 2 is 1.02 bits per heavy atom. The van der Waals surface area contributed by atoms with Crippen LogP contribution in [0.4, 0.5) is 22.7 Å². The van der Waals surface area contributed by atoms with E-state index in [0.29, 0.717) is 22.5 Å². The molecular weight excluding hydrogens is 556 g/mol. The summed E-state index contributed by atoms with van der Waals surface area (Å²) in [5.74, 6) is 0.854. The third-order valence-corrected chi connectivity index (χ3v) is 7.10. The first-order chi connectivity index (χ1) is 21.9. The zero-order chi connectivity index (χ0) is 32.3. The summed E-state index contributed by atoms with van der Waals surface area (Å²) in [4.78, 5) is 0. The Balaban J connectivity index is 0.000000248. The summed E-state index contributed by atoms with van der Waals surface area (Å²) >= 11 is 0.